The van der Waals surface area contributed by atoms with Crippen LogP contribution >= 0.6 is 11.9 Å². The van der Waals surface area contributed by atoms with E-state index in [1.807, 2.05) is 4.41 Å². The lowest BCUT2D eigenvalue weighted by Crippen LogP contribution is -2.34. The van der Waals surface area contributed by atoms with Crippen molar-refractivity contribution < 1.29 is 4.79 Å². The molecule has 0 atom stereocenters. The van der Waals surface area contributed by atoms with Crippen LogP contribution in [0.3, 0.4) is 0 Å². The van der Waals surface area contributed by atoms with Gasteiger partial charge in [0.1, 0.15) is 0 Å². The number of amides is 1. The second kappa shape index (κ2) is 3.74. The topological polar surface area (TPSA) is 32.3 Å². The summed E-state index contributed by atoms with van der Waals surface area (Å²) in [6, 6.07) is 0. The Morgan fingerprint density at radius 3 is 3.00 bits per heavy atom. The summed E-state index contributed by atoms with van der Waals surface area (Å²) < 4.78 is 1.87. The minimum Gasteiger partial charge on any atom is -0.282 e. The summed E-state index contributed by atoms with van der Waals surface area (Å²) >= 11 is 1.68. The number of hydrogen-bond acceptors (Lipinski definition) is 3. The minimum atomic E-state index is 0.721. The molecule has 1 N–H and O–H groups in total. The van der Waals surface area contributed by atoms with Crippen LogP contribution in [-0.4, -0.2) is 23.1 Å². The van der Waals surface area contributed by atoms with E-state index in [-0.39, 0.29) is 0 Å². The van der Waals surface area contributed by atoms with Crippen molar-refractivity contribution in [2.24, 2.45) is 0 Å². The summed E-state index contributed by atoms with van der Waals surface area (Å²) in [6.07, 6.45) is 3.17. The number of carbonyl (C=O) groups excluding carboxylic acids is 1. The van der Waals surface area contributed by atoms with Gasteiger partial charge in [0.15, 0.2) is 0 Å². The van der Waals surface area contributed by atoms with E-state index in [0.717, 1.165) is 18.7 Å². The standard InChI is InChI=1S/C5H10N2OS/c8-5-6-7-3-1-2-4-9-7/h5H,1-4H2,(H,6,8). The van der Waals surface area contributed by atoms with Crippen LogP contribution < -0.4 is 5.43 Å². The smallest absolute Gasteiger partial charge is 0.222 e. The molecule has 3 nitrogen and oxygen atoms in total. The SMILES string of the molecule is O=CNN1CCCCS1. The molecule has 1 heterocycles. The van der Waals surface area contributed by atoms with Crippen LogP contribution in [0.25, 0.3) is 0 Å². The van der Waals surface area contributed by atoms with Gasteiger partial charge < -0.3 is 0 Å². The fourth-order valence-electron chi connectivity index (χ4n) is 0.757. The van der Waals surface area contributed by atoms with E-state index in [0.29, 0.717) is 0 Å². The molecule has 0 aromatic carbocycles. The van der Waals surface area contributed by atoms with Crippen LogP contribution in [0.5, 0.6) is 0 Å². The molecule has 9 heavy (non-hydrogen) atoms. The number of nitrogens with one attached hydrogen (secondary N) is 1. The van der Waals surface area contributed by atoms with E-state index in [9.17, 15) is 4.79 Å². The van der Waals surface area contributed by atoms with Crippen molar-refractivity contribution >= 4 is 18.4 Å². The Labute approximate surface area is 58.9 Å². The van der Waals surface area contributed by atoms with E-state index >= 15 is 0 Å². The molecule has 1 rings (SSSR count). The van der Waals surface area contributed by atoms with E-state index in [1.54, 1.807) is 11.9 Å². The van der Waals surface area contributed by atoms with Crippen LogP contribution in [0.2, 0.25) is 0 Å². The average Bonchev–Trinajstić information content (AvgIpc) is 1.91. The van der Waals surface area contributed by atoms with Crippen molar-refractivity contribution in [3.63, 3.8) is 0 Å². The first-order valence-corrected chi connectivity index (χ1v) is 3.98. The average molecular weight is 146 g/mol. The maximum atomic E-state index is 9.91. The Bertz CT molecular complexity index is 93.0. The van der Waals surface area contributed by atoms with Gasteiger partial charge in [-0.05, 0) is 12.8 Å². The lowest BCUT2D eigenvalue weighted by atomic mass is 10.3. The van der Waals surface area contributed by atoms with Gasteiger partial charge in [-0.15, -0.1) is 0 Å². The molecule has 1 aliphatic heterocycles. The lowest BCUT2D eigenvalue weighted by Gasteiger charge is -2.22. The fraction of sp³-hybridized carbons (Fsp3) is 0.800. The number of hydrogen-bond donors (Lipinski definition) is 1. The van der Waals surface area contributed by atoms with Crippen LogP contribution in [0.1, 0.15) is 12.8 Å². The van der Waals surface area contributed by atoms with E-state index in [4.69, 9.17) is 0 Å². The van der Waals surface area contributed by atoms with Crippen molar-refractivity contribution in [1.82, 2.24) is 9.84 Å². The maximum Gasteiger partial charge on any atom is 0.222 e. The highest BCUT2D eigenvalue weighted by molar-refractivity contribution is 7.97. The van der Waals surface area contributed by atoms with E-state index in [2.05, 4.69) is 5.43 Å². The maximum absolute atomic E-state index is 9.91. The zero-order chi connectivity index (χ0) is 6.53. The molecule has 0 aliphatic carbocycles. The molecular formula is C5H10N2OS. The Morgan fingerprint density at radius 2 is 2.44 bits per heavy atom. The van der Waals surface area contributed by atoms with E-state index < -0.39 is 0 Å². The molecule has 1 fully saturated rings. The van der Waals surface area contributed by atoms with Crippen LogP contribution in [0.15, 0.2) is 0 Å². The summed E-state index contributed by atoms with van der Waals surface area (Å²) in [5, 5.41) is 0. The Hall–Kier alpha value is -0.220. The van der Waals surface area contributed by atoms with Crippen molar-refractivity contribution in [2.75, 3.05) is 12.3 Å². The summed E-state index contributed by atoms with van der Waals surface area (Å²) in [7, 11) is 0. The van der Waals surface area contributed by atoms with Crippen molar-refractivity contribution in [3.05, 3.63) is 0 Å². The van der Waals surface area contributed by atoms with Gasteiger partial charge in [-0.3, -0.25) is 10.2 Å². The summed E-state index contributed by atoms with van der Waals surface area (Å²) in [5.74, 6) is 1.13. The predicted octanol–water partition coefficient (Wildman–Crippen LogP) is 0.391. The molecule has 52 valence electrons. The zero-order valence-corrected chi connectivity index (χ0v) is 5.99. The molecule has 4 heteroatoms. The normalized spacial score (nSPS) is 21.3. The number of hydrazine groups is 1. The molecule has 1 amide bonds. The number of carbonyl (C=O) groups is 1. The molecule has 0 unspecified atom stereocenters. The lowest BCUT2D eigenvalue weighted by molar-refractivity contribution is -0.111. The van der Waals surface area contributed by atoms with Gasteiger partial charge in [0.05, 0.1) is 0 Å². The second-order valence-corrected chi connectivity index (χ2v) is 3.00. The largest absolute Gasteiger partial charge is 0.282 e. The molecule has 0 bridgehead atoms. The summed E-state index contributed by atoms with van der Waals surface area (Å²) in [4.78, 5) is 9.91. The van der Waals surface area contributed by atoms with Crippen molar-refractivity contribution in [1.29, 1.82) is 0 Å². The Kier molecular flexibility index (Phi) is 2.86. The zero-order valence-electron chi connectivity index (χ0n) is 5.17. The summed E-state index contributed by atoms with van der Waals surface area (Å²) in [6.45, 7) is 0.976. The molecule has 0 radical (unpaired) electrons. The second-order valence-electron chi connectivity index (χ2n) is 1.89. The van der Waals surface area contributed by atoms with Crippen molar-refractivity contribution in [3.8, 4) is 0 Å². The quantitative estimate of drug-likeness (QED) is 0.452. The molecule has 0 aromatic rings. The Morgan fingerprint density at radius 1 is 1.56 bits per heavy atom. The number of nitrogens with zero attached hydrogens (tertiary/aromatic N) is 1. The van der Waals surface area contributed by atoms with Gasteiger partial charge >= 0.3 is 0 Å². The highest BCUT2D eigenvalue weighted by Gasteiger charge is 2.08. The van der Waals surface area contributed by atoms with Gasteiger partial charge in [-0.1, -0.05) is 11.9 Å². The molecule has 1 saturated heterocycles. The van der Waals surface area contributed by atoms with Gasteiger partial charge in [-0.2, -0.15) is 4.41 Å². The third-order valence-corrected chi connectivity index (χ3v) is 2.27. The first-order valence-electron chi connectivity index (χ1n) is 3.04. The highest BCUT2D eigenvalue weighted by Crippen LogP contribution is 2.15. The Balaban J connectivity index is 2.15. The van der Waals surface area contributed by atoms with Gasteiger partial charge in [-0.25, -0.2) is 0 Å². The van der Waals surface area contributed by atoms with Crippen LogP contribution in [-0.2, 0) is 4.79 Å². The first kappa shape index (κ1) is 6.89. The molecule has 0 aromatic heterocycles. The predicted molar refractivity (Wildman–Crippen MR) is 37.6 cm³/mol. The summed E-state index contributed by atoms with van der Waals surface area (Å²) in [5.41, 5.74) is 2.60. The van der Waals surface area contributed by atoms with Gasteiger partial charge in [0.2, 0.25) is 6.41 Å². The highest BCUT2D eigenvalue weighted by atomic mass is 32.2. The fourth-order valence-corrected chi connectivity index (χ4v) is 1.69. The van der Waals surface area contributed by atoms with Crippen LogP contribution in [0, 0.1) is 0 Å². The molecule has 0 spiro atoms. The van der Waals surface area contributed by atoms with E-state index in [1.165, 1.54) is 12.8 Å². The van der Waals surface area contributed by atoms with Gasteiger partial charge in [0.25, 0.3) is 0 Å². The third-order valence-electron chi connectivity index (χ3n) is 1.20. The third kappa shape index (κ3) is 2.24. The van der Waals surface area contributed by atoms with Crippen molar-refractivity contribution in [2.45, 2.75) is 12.8 Å². The minimum absolute atomic E-state index is 0.721. The first-order chi connectivity index (χ1) is 4.43. The number of rotatable bonds is 2. The molecule has 1 aliphatic rings. The van der Waals surface area contributed by atoms with Crippen LogP contribution in [0.4, 0.5) is 0 Å². The van der Waals surface area contributed by atoms with Gasteiger partial charge in [0, 0.05) is 12.3 Å². The molecule has 0 saturated carbocycles. The monoisotopic (exact) mass is 146 g/mol. The molecular weight excluding hydrogens is 136 g/mol.